The van der Waals surface area contributed by atoms with Gasteiger partial charge in [-0.25, -0.2) is 0 Å². The predicted octanol–water partition coefficient (Wildman–Crippen LogP) is 4.63. The second kappa shape index (κ2) is 12.7. The minimum absolute atomic E-state index is 0.0247. The van der Waals surface area contributed by atoms with Crippen molar-refractivity contribution in [3.8, 4) is 11.5 Å². The van der Waals surface area contributed by atoms with Crippen molar-refractivity contribution in [1.82, 2.24) is 15.5 Å². The van der Waals surface area contributed by atoms with Crippen LogP contribution in [-0.4, -0.2) is 49.7 Å². The highest BCUT2D eigenvalue weighted by Gasteiger charge is 2.36. The van der Waals surface area contributed by atoms with Crippen molar-refractivity contribution < 1.29 is 14.3 Å². The van der Waals surface area contributed by atoms with Crippen LogP contribution in [0.1, 0.15) is 17.5 Å². The molecule has 0 spiro atoms. The first-order chi connectivity index (χ1) is 17.1. The lowest BCUT2D eigenvalue weighted by Gasteiger charge is -2.24. The average Bonchev–Trinajstić information content (AvgIpc) is 3.28. The van der Waals surface area contributed by atoms with Crippen LogP contribution in [0.5, 0.6) is 11.5 Å². The van der Waals surface area contributed by atoms with Gasteiger partial charge in [-0.3, -0.25) is 9.69 Å². The van der Waals surface area contributed by atoms with Gasteiger partial charge in [0.2, 0.25) is 5.91 Å². The van der Waals surface area contributed by atoms with E-state index in [4.69, 9.17) is 21.1 Å². The van der Waals surface area contributed by atoms with Gasteiger partial charge >= 0.3 is 0 Å². The minimum Gasteiger partial charge on any atom is -0.457 e. The summed E-state index contributed by atoms with van der Waals surface area (Å²) in [6, 6.07) is 25.6. The van der Waals surface area contributed by atoms with Crippen molar-refractivity contribution in [2.75, 3.05) is 26.8 Å². The summed E-state index contributed by atoms with van der Waals surface area (Å²) in [6.07, 6.45) is 0.726. The molecule has 3 aromatic carbocycles. The number of hydrogen-bond acceptors (Lipinski definition) is 5. The van der Waals surface area contributed by atoms with Gasteiger partial charge in [0.1, 0.15) is 11.5 Å². The number of rotatable bonds is 11. The van der Waals surface area contributed by atoms with Crippen molar-refractivity contribution in [2.45, 2.75) is 31.6 Å². The van der Waals surface area contributed by atoms with Crippen LogP contribution < -0.4 is 15.4 Å². The first-order valence-corrected chi connectivity index (χ1v) is 12.3. The van der Waals surface area contributed by atoms with Crippen LogP contribution in [0, 0.1) is 0 Å². The maximum absolute atomic E-state index is 13.0. The Morgan fingerprint density at radius 2 is 1.80 bits per heavy atom. The fourth-order valence-electron chi connectivity index (χ4n) is 4.34. The van der Waals surface area contributed by atoms with Gasteiger partial charge in [-0.05, 0) is 47.9 Å². The molecule has 2 N–H and O–H groups in total. The quantitative estimate of drug-likeness (QED) is 0.381. The Kier molecular flexibility index (Phi) is 9.15. The molecule has 184 valence electrons. The smallest absolute Gasteiger partial charge is 0.237 e. The van der Waals surface area contributed by atoms with E-state index in [1.807, 2.05) is 72.8 Å². The van der Waals surface area contributed by atoms with E-state index in [0.717, 1.165) is 40.6 Å². The zero-order valence-corrected chi connectivity index (χ0v) is 20.7. The number of benzene rings is 3. The number of methoxy groups -OCH3 is 1. The zero-order chi connectivity index (χ0) is 24.5. The largest absolute Gasteiger partial charge is 0.457 e. The van der Waals surface area contributed by atoms with E-state index in [-0.39, 0.29) is 18.0 Å². The number of hydrogen-bond donors (Lipinski definition) is 2. The van der Waals surface area contributed by atoms with Gasteiger partial charge in [-0.1, -0.05) is 60.1 Å². The number of nitrogens with one attached hydrogen (secondary N) is 2. The summed E-state index contributed by atoms with van der Waals surface area (Å²) in [5.41, 5.74) is 2.15. The number of halogens is 1. The number of likely N-dealkylation sites (tertiary alicyclic amines) is 1. The normalized spacial score (nSPS) is 17.9. The Morgan fingerprint density at radius 1 is 1.03 bits per heavy atom. The minimum atomic E-state index is -0.228. The molecule has 1 fully saturated rings. The molecular formula is C28H32ClN3O3. The first-order valence-electron chi connectivity index (χ1n) is 11.9. The van der Waals surface area contributed by atoms with Gasteiger partial charge in [0.25, 0.3) is 0 Å². The lowest BCUT2D eigenvalue weighted by atomic mass is 10.1. The Bertz CT molecular complexity index is 1100. The van der Waals surface area contributed by atoms with Crippen molar-refractivity contribution >= 4 is 17.5 Å². The molecule has 1 amide bonds. The number of carbonyl (C=O) groups excluding carboxylic acids is 1. The van der Waals surface area contributed by atoms with Gasteiger partial charge in [0.05, 0.1) is 12.6 Å². The third-order valence-corrected chi connectivity index (χ3v) is 6.48. The highest BCUT2D eigenvalue weighted by molar-refractivity contribution is 6.31. The zero-order valence-electron chi connectivity index (χ0n) is 20.0. The summed E-state index contributed by atoms with van der Waals surface area (Å²) in [4.78, 5) is 15.2. The summed E-state index contributed by atoms with van der Waals surface area (Å²) < 4.78 is 11.0. The van der Waals surface area contributed by atoms with Gasteiger partial charge in [0, 0.05) is 44.4 Å². The van der Waals surface area contributed by atoms with Crippen molar-refractivity contribution in [3.05, 3.63) is 95.0 Å². The van der Waals surface area contributed by atoms with E-state index >= 15 is 0 Å². The third-order valence-electron chi connectivity index (χ3n) is 6.12. The summed E-state index contributed by atoms with van der Waals surface area (Å²) in [5.74, 6) is 1.64. The van der Waals surface area contributed by atoms with Crippen LogP contribution in [0.2, 0.25) is 5.02 Å². The van der Waals surface area contributed by atoms with E-state index in [0.29, 0.717) is 26.2 Å². The molecule has 0 saturated carbocycles. The van der Waals surface area contributed by atoms with Gasteiger partial charge < -0.3 is 20.1 Å². The number of carbonyl (C=O) groups is 1. The standard InChI is InChI=1S/C28H32ClN3O3/c1-34-15-14-30-28(33)27-17-23(20-32(27)19-22-9-5-6-13-26(22)29)31-18-21-8-7-12-25(16-21)35-24-10-3-2-4-11-24/h2-13,16,23,27,31H,14-15,17-20H2,1H3,(H,30,33)/t23-,27-/m0/s1. The van der Waals surface area contributed by atoms with Crippen molar-refractivity contribution in [2.24, 2.45) is 0 Å². The maximum Gasteiger partial charge on any atom is 0.237 e. The summed E-state index contributed by atoms with van der Waals surface area (Å²) in [7, 11) is 1.63. The summed E-state index contributed by atoms with van der Waals surface area (Å²) in [5, 5.41) is 7.35. The van der Waals surface area contributed by atoms with E-state index in [2.05, 4.69) is 21.6 Å². The molecule has 0 aromatic heterocycles. The SMILES string of the molecule is COCCNC(=O)[C@@H]1C[C@H](NCc2cccc(Oc3ccccc3)c2)CN1Cc1ccccc1Cl. The number of para-hydroxylation sites is 1. The molecule has 1 aliphatic rings. The molecule has 0 radical (unpaired) electrons. The van der Waals surface area contributed by atoms with E-state index in [1.54, 1.807) is 7.11 Å². The van der Waals surface area contributed by atoms with Gasteiger partial charge in [-0.15, -0.1) is 0 Å². The Labute approximate surface area is 212 Å². The van der Waals surface area contributed by atoms with Crippen LogP contribution in [0.3, 0.4) is 0 Å². The number of ether oxygens (including phenoxy) is 2. The number of amides is 1. The summed E-state index contributed by atoms with van der Waals surface area (Å²) >= 11 is 6.41. The highest BCUT2D eigenvalue weighted by Crippen LogP contribution is 2.25. The molecule has 4 rings (SSSR count). The molecule has 1 heterocycles. The Hall–Kier alpha value is -2.90. The molecule has 0 bridgehead atoms. The lowest BCUT2D eigenvalue weighted by Crippen LogP contribution is -2.43. The predicted molar refractivity (Wildman–Crippen MR) is 139 cm³/mol. The molecule has 3 aromatic rings. The fraction of sp³-hybridized carbons (Fsp3) is 0.321. The highest BCUT2D eigenvalue weighted by atomic mass is 35.5. The topological polar surface area (TPSA) is 62.8 Å². The van der Waals surface area contributed by atoms with Crippen LogP contribution in [0.25, 0.3) is 0 Å². The van der Waals surface area contributed by atoms with Gasteiger partial charge in [0.15, 0.2) is 0 Å². The number of nitrogens with zero attached hydrogens (tertiary/aromatic N) is 1. The average molecular weight is 494 g/mol. The maximum atomic E-state index is 13.0. The molecule has 1 saturated heterocycles. The molecular weight excluding hydrogens is 462 g/mol. The van der Waals surface area contributed by atoms with E-state index < -0.39 is 0 Å². The second-order valence-corrected chi connectivity index (χ2v) is 9.10. The summed E-state index contributed by atoms with van der Waals surface area (Å²) in [6.45, 7) is 3.06. The van der Waals surface area contributed by atoms with Gasteiger partial charge in [-0.2, -0.15) is 0 Å². The van der Waals surface area contributed by atoms with Crippen LogP contribution in [0.4, 0.5) is 0 Å². The molecule has 0 aliphatic carbocycles. The van der Waals surface area contributed by atoms with Crippen LogP contribution in [-0.2, 0) is 22.6 Å². The molecule has 1 aliphatic heterocycles. The molecule has 2 atom stereocenters. The third kappa shape index (κ3) is 7.29. The Balaban J connectivity index is 1.39. The second-order valence-electron chi connectivity index (χ2n) is 8.70. The van der Waals surface area contributed by atoms with Crippen molar-refractivity contribution in [1.29, 1.82) is 0 Å². The fourth-order valence-corrected chi connectivity index (χ4v) is 4.54. The van der Waals surface area contributed by atoms with Crippen LogP contribution in [0.15, 0.2) is 78.9 Å². The Morgan fingerprint density at radius 3 is 2.60 bits per heavy atom. The molecule has 6 nitrogen and oxygen atoms in total. The molecule has 0 unspecified atom stereocenters. The lowest BCUT2D eigenvalue weighted by molar-refractivity contribution is -0.125. The van der Waals surface area contributed by atoms with Crippen molar-refractivity contribution in [3.63, 3.8) is 0 Å². The van der Waals surface area contributed by atoms with E-state index in [1.165, 1.54) is 0 Å². The van der Waals surface area contributed by atoms with E-state index in [9.17, 15) is 4.79 Å². The van der Waals surface area contributed by atoms with Crippen LogP contribution >= 0.6 is 11.6 Å². The molecule has 35 heavy (non-hydrogen) atoms. The first kappa shape index (κ1) is 25.2. The monoisotopic (exact) mass is 493 g/mol. The molecule has 7 heteroatoms.